The van der Waals surface area contributed by atoms with Gasteiger partial charge in [-0.15, -0.1) is 0 Å². The molecule has 0 bridgehead atoms. The maximum atomic E-state index is 12.3. The highest BCUT2D eigenvalue weighted by Crippen LogP contribution is 2.20. The van der Waals surface area contributed by atoms with Crippen LogP contribution in [0, 0.1) is 0 Å². The lowest BCUT2D eigenvalue weighted by molar-refractivity contribution is 0.567. The smallest absolute Gasteiger partial charge is 0.241 e. The van der Waals surface area contributed by atoms with Gasteiger partial charge in [0.05, 0.1) is 4.90 Å². The minimum atomic E-state index is -3.58. The molecule has 0 fully saturated rings. The van der Waals surface area contributed by atoms with Crippen molar-refractivity contribution in [3.8, 4) is 0 Å². The van der Waals surface area contributed by atoms with Crippen molar-refractivity contribution in [1.82, 2.24) is 4.72 Å². The molecule has 2 rings (SSSR count). The van der Waals surface area contributed by atoms with Crippen LogP contribution >= 0.6 is 15.9 Å². The van der Waals surface area contributed by atoms with Crippen LogP contribution in [0.2, 0.25) is 0 Å². The summed E-state index contributed by atoms with van der Waals surface area (Å²) in [5.41, 5.74) is 6.93. The van der Waals surface area contributed by atoms with Gasteiger partial charge in [-0.1, -0.05) is 34.1 Å². The first-order chi connectivity index (χ1) is 9.38. The van der Waals surface area contributed by atoms with Gasteiger partial charge in [0.15, 0.2) is 0 Å². The number of hydrogen-bond acceptors (Lipinski definition) is 3. The van der Waals surface area contributed by atoms with Crippen LogP contribution in [0.1, 0.15) is 18.5 Å². The quantitative estimate of drug-likeness (QED) is 0.828. The van der Waals surface area contributed by atoms with E-state index in [1.54, 1.807) is 19.1 Å². The highest BCUT2D eigenvalue weighted by Gasteiger charge is 2.18. The lowest BCUT2D eigenvalue weighted by atomic mass is 10.1. The van der Waals surface area contributed by atoms with Gasteiger partial charge in [-0.2, -0.15) is 0 Å². The van der Waals surface area contributed by atoms with E-state index in [1.807, 2.05) is 24.3 Å². The van der Waals surface area contributed by atoms with Gasteiger partial charge in [0.2, 0.25) is 10.0 Å². The van der Waals surface area contributed by atoms with Crippen LogP contribution in [0.5, 0.6) is 0 Å². The van der Waals surface area contributed by atoms with Crippen molar-refractivity contribution < 1.29 is 8.42 Å². The van der Waals surface area contributed by atoms with E-state index in [4.69, 9.17) is 5.73 Å². The molecule has 0 radical (unpaired) electrons. The fraction of sp³-hybridized carbons (Fsp3) is 0.143. The molecule has 0 aromatic heterocycles. The van der Waals surface area contributed by atoms with Crippen molar-refractivity contribution >= 4 is 31.6 Å². The predicted molar refractivity (Wildman–Crippen MR) is 83.7 cm³/mol. The number of hydrogen-bond donors (Lipinski definition) is 2. The van der Waals surface area contributed by atoms with Crippen LogP contribution in [0.25, 0.3) is 0 Å². The van der Waals surface area contributed by atoms with Gasteiger partial charge in [-0.05, 0) is 42.8 Å². The average Bonchev–Trinajstić information content (AvgIpc) is 2.39. The summed E-state index contributed by atoms with van der Waals surface area (Å²) >= 11 is 3.35. The molecule has 0 heterocycles. The molecule has 2 aromatic carbocycles. The Morgan fingerprint density at radius 2 is 1.80 bits per heavy atom. The van der Waals surface area contributed by atoms with E-state index in [1.165, 1.54) is 12.1 Å². The van der Waals surface area contributed by atoms with Crippen LogP contribution < -0.4 is 10.5 Å². The molecule has 4 nitrogen and oxygen atoms in total. The van der Waals surface area contributed by atoms with Crippen LogP contribution in [-0.2, 0) is 10.0 Å². The zero-order valence-electron chi connectivity index (χ0n) is 10.9. The monoisotopic (exact) mass is 354 g/mol. The molecule has 106 valence electrons. The summed E-state index contributed by atoms with van der Waals surface area (Å²) in [6.45, 7) is 1.80. The van der Waals surface area contributed by atoms with Crippen molar-refractivity contribution in [2.24, 2.45) is 0 Å². The Kier molecular flexibility index (Phi) is 4.47. The molecular weight excluding hydrogens is 340 g/mol. The highest BCUT2D eigenvalue weighted by atomic mass is 79.9. The second-order valence-corrected chi connectivity index (χ2v) is 7.10. The van der Waals surface area contributed by atoms with Crippen molar-refractivity contribution in [2.75, 3.05) is 5.73 Å². The number of benzene rings is 2. The number of nitrogens with one attached hydrogen (secondary N) is 1. The number of rotatable bonds is 4. The van der Waals surface area contributed by atoms with Crippen molar-refractivity contribution in [2.45, 2.75) is 17.9 Å². The third kappa shape index (κ3) is 3.59. The summed E-state index contributed by atoms with van der Waals surface area (Å²) < 4.78 is 28.1. The fourth-order valence-corrected chi connectivity index (χ4v) is 3.35. The van der Waals surface area contributed by atoms with Crippen LogP contribution in [0.15, 0.2) is 57.9 Å². The highest BCUT2D eigenvalue weighted by molar-refractivity contribution is 9.10. The third-order valence-corrected chi connectivity index (χ3v) is 4.94. The summed E-state index contributed by atoms with van der Waals surface area (Å²) in [6.07, 6.45) is 0. The topological polar surface area (TPSA) is 72.2 Å². The van der Waals surface area contributed by atoms with Gasteiger partial charge in [-0.25, -0.2) is 13.1 Å². The molecule has 1 atom stereocenters. The SMILES string of the molecule is C[C@@H](NS(=O)(=O)c1cccc(N)c1)c1ccc(Br)cc1. The Labute approximate surface area is 127 Å². The summed E-state index contributed by atoms with van der Waals surface area (Å²) in [5.74, 6) is 0. The lowest BCUT2D eigenvalue weighted by Crippen LogP contribution is -2.26. The number of nitrogen functional groups attached to an aromatic ring is 1. The van der Waals surface area contributed by atoms with E-state index >= 15 is 0 Å². The molecule has 2 aromatic rings. The first kappa shape index (κ1) is 15.0. The molecule has 0 unspecified atom stereocenters. The van der Waals surface area contributed by atoms with Gasteiger partial charge in [0.1, 0.15) is 0 Å². The van der Waals surface area contributed by atoms with E-state index in [0.717, 1.165) is 10.0 Å². The van der Waals surface area contributed by atoms with E-state index in [9.17, 15) is 8.42 Å². The van der Waals surface area contributed by atoms with Crippen molar-refractivity contribution in [3.63, 3.8) is 0 Å². The van der Waals surface area contributed by atoms with Crippen molar-refractivity contribution in [1.29, 1.82) is 0 Å². The number of nitrogens with two attached hydrogens (primary N) is 1. The molecule has 0 saturated heterocycles. The van der Waals surface area contributed by atoms with E-state index in [2.05, 4.69) is 20.7 Å². The Balaban J connectivity index is 2.22. The van der Waals surface area contributed by atoms with Crippen LogP contribution in [0.4, 0.5) is 5.69 Å². The summed E-state index contributed by atoms with van der Waals surface area (Å²) in [7, 11) is -3.58. The maximum Gasteiger partial charge on any atom is 0.241 e. The summed E-state index contributed by atoms with van der Waals surface area (Å²) in [5, 5.41) is 0. The second kappa shape index (κ2) is 5.95. The van der Waals surface area contributed by atoms with Crippen LogP contribution in [0.3, 0.4) is 0 Å². The number of sulfonamides is 1. The molecule has 6 heteroatoms. The molecule has 0 aliphatic heterocycles. The second-order valence-electron chi connectivity index (χ2n) is 4.47. The lowest BCUT2D eigenvalue weighted by Gasteiger charge is -2.15. The number of halogens is 1. The fourth-order valence-electron chi connectivity index (χ4n) is 1.80. The van der Waals surface area contributed by atoms with Crippen molar-refractivity contribution in [3.05, 3.63) is 58.6 Å². The van der Waals surface area contributed by atoms with Gasteiger partial charge < -0.3 is 5.73 Å². The van der Waals surface area contributed by atoms with E-state index < -0.39 is 10.0 Å². The van der Waals surface area contributed by atoms with Crippen LogP contribution in [-0.4, -0.2) is 8.42 Å². The molecular formula is C14H15BrN2O2S. The molecule has 20 heavy (non-hydrogen) atoms. The molecule has 0 aliphatic carbocycles. The Hall–Kier alpha value is -1.37. The zero-order chi connectivity index (χ0) is 14.8. The van der Waals surface area contributed by atoms with E-state index in [0.29, 0.717) is 5.69 Å². The minimum Gasteiger partial charge on any atom is -0.399 e. The predicted octanol–water partition coefficient (Wildman–Crippen LogP) is 3.07. The normalized spacial score (nSPS) is 13.1. The van der Waals surface area contributed by atoms with Gasteiger partial charge in [0, 0.05) is 16.2 Å². The first-order valence-electron chi connectivity index (χ1n) is 6.02. The molecule has 3 N–H and O–H groups in total. The largest absolute Gasteiger partial charge is 0.399 e. The summed E-state index contributed by atoms with van der Waals surface area (Å²) in [4.78, 5) is 0.168. The molecule has 0 aliphatic rings. The zero-order valence-corrected chi connectivity index (χ0v) is 13.3. The number of anilines is 1. The minimum absolute atomic E-state index is 0.168. The Morgan fingerprint density at radius 1 is 1.15 bits per heavy atom. The Morgan fingerprint density at radius 3 is 2.40 bits per heavy atom. The van der Waals surface area contributed by atoms with E-state index in [-0.39, 0.29) is 10.9 Å². The van der Waals surface area contributed by atoms with Gasteiger partial charge in [0.25, 0.3) is 0 Å². The molecule has 0 amide bonds. The average molecular weight is 355 g/mol. The van der Waals surface area contributed by atoms with Gasteiger partial charge in [-0.3, -0.25) is 0 Å². The standard InChI is InChI=1S/C14H15BrN2O2S/c1-10(11-5-7-12(15)8-6-11)17-20(18,19)14-4-2-3-13(16)9-14/h2-10,17H,16H2,1H3/t10-/m1/s1. The maximum absolute atomic E-state index is 12.3. The van der Waals surface area contributed by atoms with Gasteiger partial charge >= 0.3 is 0 Å². The molecule has 0 saturated carbocycles. The third-order valence-electron chi connectivity index (χ3n) is 2.87. The Bertz CT molecular complexity index is 699. The first-order valence-corrected chi connectivity index (χ1v) is 8.29. The summed E-state index contributed by atoms with van der Waals surface area (Å²) in [6, 6.07) is 13.4. The molecule has 0 spiro atoms.